The predicted molar refractivity (Wildman–Crippen MR) is 83.7 cm³/mol. The van der Waals surface area contributed by atoms with Gasteiger partial charge < -0.3 is 9.80 Å². The van der Waals surface area contributed by atoms with E-state index in [1.165, 1.54) is 58.2 Å². The quantitative estimate of drug-likeness (QED) is 0.698. The van der Waals surface area contributed by atoms with Gasteiger partial charge in [0, 0.05) is 32.1 Å². The zero-order chi connectivity index (χ0) is 14.6. The molecule has 0 aliphatic carbocycles. The van der Waals surface area contributed by atoms with E-state index < -0.39 is 0 Å². The lowest BCUT2D eigenvalue weighted by atomic mass is 9.72. The van der Waals surface area contributed by atoms with E-state index in [0.29, 0.717) is 11.3 Å². The van der Waals surface area contributed by atoms with Gasteiger partial charge in [-0.2, -0.15) is 0 Å². The summed E-state index contributed by atoms with van der Waals surface area (Å²) in [6.45, 7) is 12.1. The van der Waals surface area contributed by atoms with E-state index >= 15 is 0 Å². The molecule has 0 bridgehead atoms. The monoisotopic (exact) mass is 280 g/mol. The molecule has 0 aromatic rings. The van der Waals surface area contributed by atoms with Gasteiger partial charge in [0.05, 0.1) is 0 Å². The smallest absolute Gasteiger partial charge is 0.225 e. The molecule has 0 unspecified atom stereocenters. The number of likely N-dealkylation sites (tertiary alicyclic amines) is 2. The predicted octanol–water partition coefficient (Wildman–Crippen LogP) is 3.15. The van der Waals surface area contributed by atoms with Crippen LogP contribution in [0.5, 0.6) is 0 Å². The Kier molecular flexibility index (Phi) is 5.48. The highest BCUT2D eigenvalue weighted by atomic mass is 16.2. The fourth-order valence-electron chi connectivity index (χ4n) is 3.71. The van der Waals surface area contributed by atoms with E-state index in [1.807, 2.05) is 13.8 Å². The third kappa shape index (κ3) is 3.75. The fraction of sp³-hybridized carbons (Fsp3) is 0.941. The normalized spacial score (nSPS) is 22.3. The first-order valence-corrected chi connectivity index (χ1v) is 8.57. The molecular weight excluding hydrogens is 248 g/mol. The molecule has 2 aliphatic rings. The van der Waals surface area contributed by atoms with Gasteiger partial charge in [0.2, 0.25) is 5.91 Å². The van der Waals surface area contributed by atoms with Gasteiger partial charge in [-0.25, -0.2) is 0 Å². The largest absolute Gasteiger partial charge is 0.342 e. The van der Waals surface area contributed by atoms with E-state index in [1.54, 1.807) is 0 Å². The summed E-state index contributed by atoms with van der Waals surface area (Å²) >= 11 is 0. The first-order valence-electron chi connectivity index (χ1n) is 8.57. The minimum absolute atomic E-state index is 0.153. The third-order valence-corrected chi connectivity index (χ3v) is 5.08. The van der Waals surface area contributed by atoms with Crippen molar-refractivity contribution in [3.8, 4) is 0 Å². The van der Waals surface area contributed by atoms with Gasteiger partial charge in [0.25, 0.3) is 0 Å². The van der Waals surface area contributed by atoms with E-state index in [9.17, 15) is 4.79 Å². The summed E-state index contributed by atoms with van der Waals surface area (Å²) in [5.74, 6) is 0.496. The van der Waals surface area contributed by atoms with Gasteiger partial charge in [-0.15, -0.1) is 0 Å². The molecule has 1 amide bonds. The van der Waals surface area contributed by atoms with Crippen molar-refractivity contribution in [2.45, 2.75) is 59.3 Å². The second-order valence-electron chi connectivity index (χ2n) is 7.25. The van der Waals surface area contributed by atoms with Crippen LogP contribution in [-0.4, -0.2) is 48.4 Å². The van der Waals surface area contributed by atoms with Crippen LogP contribution < -0.4 is 0 Å². The van der Waals surface area contributed by atoms with Gasteiger partial charge >= 0.3 is 0 Å². The molecule has 20 heavy (non-hydrogen) atoms. The number of carbonyl (C=O) groups excluding carboxylic acids is 1. The van der Waals surface area contributed by atoms with Crippen molar-refractivity contribution in [1.29, 1.82) is 0 Å². The molecule has 0 atom stereocenters. The van der Waals surface area contributed by atoms with Gasteiger partial charge in [-0.3, -0.25) is 4.79 Å². The van der Waals surface area contributed by atoms with Crippen molar-refractivity contribution in [1.82, 2.24) is 9.80 Å². The summed E-state index contributed by atoms with van der Waals surface area (Å²) in [6.07, 6.45) is 7.89. The molecule has 1 spiro atoms. The van der Waals surface area contributed by atoms with E-state index in [4.69, 9.17) is 0 Å². The Labute approximate surface area is 124 Å². The molecule has 0 N–H and O–H groups in total. The molecule has 0 aromatic carbocycles. The lowest BCUT2D eigenvalue weighted by Crippen LogP contribution is -2.60. The summed E-state index contributed by atoms with van der Waals surface area (Å²) in [6, 6.07) is 0. The Morgan fingerprint density at radius 2 is 1.75 bits per heavy atom. The Balaban J connectivity index is 1.64. The minimum atomic E-state index is 0.153. The number of hydrogen-bond donors (Lipinski definition) is 0. The van der Waals surface area contributed by atoms with E-state index in [2.05, 4.69) is 16.7 Å². The molecule has 0 aromatic heterocycles. The lowest BCUT2D eigenvalue weighted by Gasteiger charge is -2.54. The molecule has 0 radical (unpaired) electrons. The number of amides is 1. The van der Waals surface area contributed by atoms with Crippen LogP contribution in [0.2, 0.25) is 0 Å². The van der Waals surface area contributed by atoms with Crippen molar-refractivity contribution in [2.24, 2.45) is 11.3 Å². The topological polar surface area (TPSA) is 23.6 Å². The van der Waals surface area contributed by atoms with Gasteiger partial charge in [0.15, 0.2) is 0 Å². The van der Waals surface area contributed by atoms with Crippen LogP contribution in [0.1, 0.15) is 59.3 Å². The minimum Gasteiger partial charge on any atom is -0.342 e. The molecule has 2 aliphatic heterocycles. The summed E-state index contributed by atoms with van der Waals surface area (Å²) in [4.78, 5) is 16.7. The summed E-state index contributed by atoms with van der Waals surface area (Å²) in [5, 5.41) is 0. The van der Waals surface area contributed by atoms with Crippen LogP contribution in [0, 0.1) is 11.3 Å². The Morgan fingerprint density at radius 3 is 2.30 bits per heavy atom. The molecule has 2 saturated heterocycles. The molecule has 2 rings (SSSR count). The van der Waals surface area contributed by atoms with Crippen molar-refractivity contribution in [3.63, 3.8) is 0 Å². The maximum absolute atomic E-state index is 12.0. The first kappa shape index (κ1) is 15.8. The van der Waals surface area contributed by atoms with Crippen LogP contribution in [0.4, 0.5) is 0 Å². The Morgan fingerprint density at radius 1 is 1.10 bits per heavy atom. The zero-order valence-electron chi connectivity index (χ0n) is 13.7. The van der Waals surface area contributed by atoms with E-state index in [-0.39, 0.29) is 5.92 Å². The van der Waals surface area contributed by atoms with Gasteiger partial charge in [-0.1, -0.05) is 40.0 Å². The van der Waals surface area contributed by atoms with Crippen LogP contribution in [-0.2, 0) is 4.79 Å². The average Bonchev–Trinajstić information content (AvgIpc) is 2.41. The maximum atomic E-state index is 12.0. The average molecular weight is 280 g/mol. The van der Waals surface area contributed by atoms with Crippen molar-refractivity contribution in [2.75, 3.05) is 32.7 Å². The number of piperidine rings is 1. The molecule has 3 nitrogen and oxygen atoms in total. The lowest BCUT2D eigenvalue weighted by molar-refractivity contribution is -0.139. The van der Waals surface area contributed by atoms with Crippen LogP contribution in [0.15, 0.2) is 0 Å². The molecule has 0 saturated carbocycles. The number of carbonyl (C=O) groups is 1. The molecular formula is C17H32N2O. The molecule has 3 heteroatoms. The third-order valence-electron chi connectivity index (χ3n) is 5.08. The van der Waals surface area contributed by atoms with Gasteiger partial charge in [0.1, 0.15) is 0 Å². The van der Waals surface area contributed by atoms with Crippen LogP contribution in [0.25, 0.3) is 0 Å². The van der Waals surface area contributed by atoms with Crippen LogP contribution in [0.3, 0.4) is 0 Å². The first-order chi connectivity index (χ1) is 9.56. The van der Waals surface area contributed by atoms with Crippen LogP contribution >= 0.6 is 0 Å². The summed E-state index contributed by atoms with van der Waals surface area (Å²) in [5.41, 5.74) is 0.554. The van der Waals surface area contributed by atoms with Crippen molar-refractivity contribution >= 4 is 5.91 Å². The molecule has 2 fully saturated rings. The zero-order valence-corrected chi connectivity index (χ0v) is 13.7. The second kappa shape index (κ2) is 6.93. The highest BCUT2D eigenvalue weighted by Gasteiger charge is 2.44. The molecule has 2 heterocycles. The number of rotatable bonds is 6. The standard InChI is InChI=1S/C17H32N2O/c1-4-5-6-7-10-18-13-17(14-18)8-11-19(12-9-17)16(20)15(2)3/h15H,4-14H2,1-3H3. The summed E-state index contributed by atoms with van der Waals surface area (Å²) < 4.78 is 0. The maximum Gasteiger partial charge on any atom is 0.225 e. The highest BCUT2D eigenvalue weighted by Crippen LogP contribution is 2.40. The highest BCUT2D eigenvalue weighted by molar-refractivity contribution is 5.78. The Bertz CT molecular complexity index is 311. The Hall–Kier alpha value is -0.570. The van der Waals surface area contributed by atoms with E-state index in [0.717, 1.165) is 13.1 Å². The van der Waals surface area contributed by atoms with Gasteiger partial charge in [-0.05, 0) is 31.2 Å². The molecule has 116 valence electrons. The summed E-state index contributed by atoms with van der Waals surface area (Å²) in [7, 11) is 0. The second-order valence-corrected chi connectivity index (χ2v) is 7.25. The number of hydrogen-bond acceptors (Lipinski definition) is 2. The SMILES string of the molecule is CCCCCCN1CC2(CCN(C(=O)C(C)C)CC2)C1. The van der Waals surface area contributed by atoms with Crippen molar-refractivity contribution < 1.29 is 4.79 Å². The number of nitrogens with zero attached hydrogens (tertiary/aromatic N) is 2. The number of unbranched alkanes of at least 4 members (excludes halogenated alkanes) is 3. The van der Waals surface area contributed by atoms with Crippen molar-refractivity contribution in [3.05, 3.63) is 0 Å². The fourth-order valence-corrected chi connectivity index (χ4v) is 3.71.